The second-order valence-electron chi connectivity index (χ2n) is 1.54. The lowest BCUT2D eigenvalue weighted by Gasteiger charge is -1.98. The summed E-state index contributed by atoms with van der Waals surface area (Å²) < 4.78 is 0. The first-order valence-corrected chi connectivity index (χ1v) is 3.75. The van der Waals surface area contributed by atoms with E-state index in [4.69, 9.17) is 5.41 Å². The van der Waals surface area contributed by atoms with E-state index < -0.39 is 0 Å². The van der Waals surface area contributed by atoms with Crippen molar-refractivity contribution in [2.24, 2.45) is 0 Å². The lowest BCUT2D eigenvalue weighted by Crippen LogP contribution is -2.24. The smallest absolute Gasteiger partial charge is 0.217 e. The summed E-state index contributed by atoms with van der Waals surface area (Å²) in [6.07, 6.45) is 1.81. The van der Waals surface area contributed by atoms with E-state index >= 15 is 0 Å². The molecule has 0 aliphatic rings. The highest BCUT2D eigenvalue weighted by atomic mass is 32.2. The summed E-state index contributed by atoms with van der Waals surface area (Å²) in [5.74, 6) is -0.0891. The number of nitrogens with one attached hydrogen (secondary N) is 2. The average Bonchev–Trinajstić information content (AvgIpc) is 1.83. The largest absolute Gasteiger partial charge is 0.350 e. The zero-order valence-corrected chi connectivity index (χ0v) is 6.34. The summed E-state index contributed by atoms with van der Waals surface area (Å²) in [6, 6.07) is 0. The molecule has 0 aliphatic carbocycles. The van der Waals surface area contributed by atoms with Gasteiger partial charge in [-0.05, 0) is 6.26 Å². The predicted molar refractivity (Wildman–Crippen MR) is 39.9 cm³/mol. The number of rotatable bonds is 2. The maximum absolute atomic E-state index is 10.2. The first kappa shape index (κ1) is 8.49. The molecule has 0 rings (SSSR count). The van der Waals surface area contributed by atoms with Gasteiger partial charge in [-0.25, -0.2) is 0 Å². The zero-order chi connectivity index (χ0) is 7.28. The number of amides is 1. The second kappa shape index (κ2) is 4.38. The number of hydrogen-bond acceptors (Lipinski definition) is 3. The van der Waals surface area contributed by atoms with Crippen molar-refractivity contribution in [1.82, 2.24) is 5.32 Å². The van der Waals surface area contributed by atoms with Crippen LogP contribution in [0.5, 0.6) is 0 Å². The van der Waals surface area contributed by atoms with Crippen LogP contribution in [-0.2, 0) is 4.79 Å². The minimum absolute atomic E-state index is 0.0891. The normalized spacial score (nSPS) is 8.67. The monoisotopic (exact) mass is 146 g/mol. The molecule has 0 fully saturated rings. The zero-order valence-electron chi connectivity index (χ0n) is 5.52. The van der Waals surface area contributed by atoms with Crippen molar-refractivity contribution in [3.8, 4) is 0 Å². The van der Waals surface area contributed by atoms with E-state index in [1.54, 1.807) is 0 Å². The lowest BCUT2D eigenvalue weighted by atomic mass is 10.6. The van der Waals surface area contributed by atoms with Crippen molar-refractivity contribution in [2.75, 3.05) is 12.8 Å². The molecule has 0 aromatic heterocycles. The molecule has 0 saturated heterocycles. The Kier molecular flexibility index (Phi) is 4.13. The quantitative estimate of drug-likeness (QED) is 0.439. The molecule has 1 amide bonds. The van der Waals surface area contributed by atoms with Crippen LogP contribution < -0.4 is 5.32 Å². The molecule has 52 valence electrons. The van der Waals surface area contributed by atoms with E-state index in [0.29, 0.717) is 11.6 Å². The van der Waals surface area contributed by atoms with Crippen molar-refractivity contribution in [2.45, 2.75) is 6.92 Å². The predicted octanol–water partition coefficient (Wildman–Crippen LogP) is 0.463. The Morgan fingerprint density at radius 2 is 2.33 bits per heavy atom. The Hall–Kier alpha value is -0.510. The Morgan fingerprint density at radius 3 is 2.67 bits per heavy atom. The molecule has 0 aliphatic heterocycles. The molecule has 0 atom stereocenters. The second-order valence-corrected chi connectivity index (χ2v) is 2.44. The average molecular weight is 146 g/mol. The maximum Gasteiger partial charge on any atom is 0.217 e. The Balaban J connectivity index is 3.28. The van der Waals surface area contributed by atoms with Crippen molar-refractivity contribution in [3.05, 3.63) is 0 Å². The fraction of sp³-hybridized carbons (Fsp3) is 0.600. The Labute approximate surface area is 58.7 Å². The van der Waals surface area contributed by atoms with Gasteiger partial charge in [0.25, 0.3) is 0 Å². The number of thioether (sulfide) groups is 1. The minimum atomic E-state index is -0.0891. The van der Waals surface area contributed by atoms with Gasteiger partial charge >= 0.3 is 0 Å². The van der Waals surface area contributed by atoms with Crippen LogP contribution >= 0.6 is 11.8 Å². The van der Waals surface area contributed by atoms with E-state index in [1.807, 2.05) is 6.26 Å². The van der Waals surface area contributed by atoms with Crippen molar-refractivity contribution in [1.29, 1.82) is 5.41 Å². The van der Waals surface area contributed by atoms with E-state index in [2.05, 4.69) is 5.32 Å². The molecule has 0 aromatic rings. The van der Waals surface area contributed by atoms with Gasteiger partial charge in [-0.3, -0.25) is 10.2 Å². The van der Waals surface area contributed by atoms with Crippen LogP contribution in [0.2, 0.25) is 0 Å². The van der Waals surface area contributed by atoms with Gasteiger partial charge in [0.2, 0.25) is 5.91 Å². The third kappa shape index (κ3) is 5.36. The first-order valence-electron chi connectivity index (χ1n) is 2.52. The van der Waals surface area contributed by atoms with Crippen LogP contribution in [-0.4, -0.2) is 23.8 Å². The highest BCUT2D eigenvalue weighted by molar-refractivity contribution is 8.13. The molecular formula is C5H10N2OS. The van der Waals surface area contributed by atoms with Crippen LogP contribution in [0.15, 0.2) is 0 Å². The van der Waals surface area contributed by atoms with E-state index in [9.17, 15) is 4.79 Å². The molecule has 0 radical (unpaired) electrons. The number of carbonyl (C=O) groups is 1. The maximum atomic E-state index is 10.2. The third-order valence-electron chi connectivity index (χ3n) is 0.744. The summed E-state index contributed by atoms with van der Waals surface area (Å²) in [7, 11) is 0. The van der Waals surface area contributed by atoms with Crippen molar-refractivity contribution < 1.29 is 4.79 Å². The summed E-state index contributed by atoms with van der Waals surface area (Å²) in [4.78, 5) is 10.2. The summed E-state index contributed by atoms with van der Waals surface area (Å²) in [6.45, 7) is 1.80. The summed E-state index contributed by atoms with van der Waals surface area (Å²) in [5, 5.41) is 10.1. The molecule has 2 N–H and O–H groups in total. The molecule has 0 bridgehead atoms. The van der Waals surface area contributed by atoms with Crippen LogP contribution in [0.4, 0.5) is 0 Å². The van der Waals surface area contributed by atoms with Gasteiger partial charge in [0, 0.05) is 6.92 Å². The van der Waals surface area contributed by atoms with E-state index in [1.165, 1.54) is 18.7 Å². The molecule has 9 heavy (non-hydrogen) atoms. The molecule has 0 heterocycles. The topological polar surface area (TPSA) is 53.0 Å². The van der Waals surface area contributed by atoms with E-state index in [-0.39, 0.29) is 5.91 Å². The molecule has 0 spiro atoms. The first-order chi connectivity index (χ1) is 4.16. The molecule has 3 nitrogen and oxygen atoms in total. The van der Waals surface area contributed by atoms with Gasteiger partial charge in [-0.1, -0.05) is 0 Å². The minimum Gasteiger partial charge on any atom is -0.350 e. The van der Waals surface area contributed by atoms with Crippen LogP contribution in [0, 0.1) is 5.41 Å². The van der Waals surface area contributed by atoms with Gasteiger partial charge < -0.3 is 5.32 Å². The highest BCUT2D eigenvalue weighted by Crippen LogP contribution is 1.91. The molecule has 0 aromatic carbocycles. The number of hydrogen-bond donors (Lipinski definition) is 2. The third-order valence-corrected chi connectivity index (χ3v) is 1.38. The van der Waals surface area contributed by atoms with Crippen LogP contribution in [0.1, 0.15) is 6.92 Å². The van der Waals surface area contributed by atoms with Gasteiger partial charge in [0.1, 0.15) is 0 Å². The molecular weight excluding hydrogens is 136 g/mol. The van der Waals surface area contributed by atoms with Gasteiger partial charge in [0.05, 0.1) is 11.6 Å². The summed E-state index contributed by atoms with van der Waals surface area (Å²) in [5.41, 5.74) is 0. The van der Waals surface area contributed by atoms with Crippen molar-refractivity contribution in [3.63, 3.8) is 0 Å². The Bertz CT molecular complexity index is 124. The highest BCUT2D eigenvalue weighted by Gasteiger charge is 1.93. The lowest BCUT2D eigenvalue weighted by molar-refractivity contribution is -0.118. The fourth-order valence-corrected chi connectivity index (χ4v) is 0.493. The van der Waals surface area contributed by atoms with Crippen LogP contribution in [0.3, 0.4) is 0 Å². The van der Waals surface area contributed by atoms with Gasteiger partial charge in [0.15, 0.2) is 0 Å². The Morgan fingerprint density at radius 1 is 1.78 bits per heavy atom. The molecule has 0 saturated carbocycles. The SMILES string of the molecule is CSC(=N)CNC(C)=O. The van der Waals surface area contributed by atoms with Crippen LogP contribution in [0.25, 0.3) is 0 Å². The molecule has 0 unspecified atom stereocenters. The fourth-order valence-electron chi connectivity index (χ4n) is 0.277. The summed E-state index contributed by atoms with van der Waals surface area (Å²) >= 11 is 1.34. The van der Waals surface area contributed by atoms with E-state index in [0.717, 1.165) is 0 Å². The van der Waals surface area contributed by atoms with Gasteiger partial charge in [-0.15, -0.1) is 11.8 Å². The number of carbonyl (C=O) groups excluding carboxylic acids is 1. The standard InChI is InChI=1S/C5H10N2OS/c1-4(8)7-3-5(6)9-2/h6H,3H2,1-2H3,(H,7,8). The molecule has 4 heteroatoms. The van der Waals surface area contributed by atoms with Gasteiger partial charge in [-0.2, -0.15) is 0 Å². The van der Waals surface area contributed by atoms with Crippen molar-refractivity contribution >= 4 is 22.7 Å².